The normalized spacial score (nSPS) is 27.0. The van der Waals surface area contributed by atoms with Gasteiger partial charge in [-0.2, -0.15) is 0 Å². The van der Waals surface area contributed by atoms with Gasteiger partial charge in [-0.25, -0.2) is 0 Å². The number of anilines is 1. The minimum absolute atomic E-state index is 0.738. The van der Waals surface area contributed by atoms with E-state index in [2.05, 4.69) is 4.90 Å². The van der Waals surface area contributed by atoms with Crippen LogP contribution in [0.4, 0.5) is 5.69 Å². The van der Waals surface area contributed by atoms with Crippen molar-refractivity contribution in [3.63, 3.8) is 0 Å². The third kappa shape index (κ3) is 3.09. The summed E-state index contributed by atoms with van der Waals surface area (Å²) in [6, 6.07) is 8.58. The first-order chi connectivity index (χ1) is 9.84. The number of ether oxygens (including phenoxy) is 1. The van der Waals surface area contributed by atoms with Crippen molar-refractivity contribution in [1.29, 1.82) is 0 Å². The lowest BCUT2D eigenvalue weighted by Gasteiger charge is -2.44. The number of benzene rings is 1. The molecule has 1 aromatic rings. The van der Waals surface area contributed by atoms with Gasteiger partial charge in [-0.15, -0.1) is 0 Å². The molecule has 0 aromatic heterocycles. The number of nitrogens with zero attached hydrogens (tertiary/aromatic N) is 1. The molecule has 3 nitrogen and oxygen atoms in total. The van der Waals surface area contributed by atoms with Crippen LogP contribution in [0.1, 0.15) is 38.5 Å². The largest absolute Gasteiger partial charge is 0.490 e. The van der Waals surface area contributed by atoms with Gasteiger partial charge in [0.15, 0.2) is 0 Å². The molecule has 1 saturated carbocycles. The molecule has 3 rings (SSSR count). The third-order valence-electron chi connectivity index (χ3n) is 4.91. The molecule has 1 aliphatic carbocycles. The summed E-state index contributed by atoms with van der Waals surface area (Å²) >= 11 is 0. The Morgan fingerprint density at radius 1 is 1.10 bits per heavy atom. The van der Waals surface area contributed by atoms with Gasteiger partial charge in [0.1, 0.15) is 12.4 Å². The smallest absolute Gasteiger partial charge is 0.142 e. The molecule has 20 heavy (non-hydrogen) atoms. The van der Waals surface area contributed by atoms with Gasteiger partial charge in [-0.1, -0.05) is 25.0 Å². The predicted molar refractivity (Wildman–Crippen MR) is 82.9 cm³/mol. The lowest BCUT2D eigenvalue weighted by Crippen LogP contribution is -2.48. The summed E-state index contributed by atoms with van der Waals surface area (Å²) in [5.74, 6) is 1.77. The van der Waals surface area contributed by atoms with E-state index in [1.807, 2.05) is 24.3 Å². The van der Waals surface area contributed by atoms with Gasteiger partial charge < -0.3 is 10.5 Å². The van der Waals surface area contributed by atoms with Crippen molar-refractivity contribution in [3.05, 3.63) is 24.3 Å². The Balaban J connectivity index is 1.51. The average Bonchev–Trinajstić information content (AvgIpc) is 2.49. The highest BCUT2D eigenvalue weighted by molar-refractivity contribution is 5.51. The molecule has 3 heteroatoms. The number of nitrogens with two attached hydrogens (primary N) is 1. The van der Waals surface area contributed by atoms with Crippen LogP contribution in [0.3, 0.4) is 0 Å². The monoisotopic (exact) mass is 274 g/mol. The number of nitrogen functional groups attached to an aromatic ring is 1. The van der Waals surface area contributed by atoms with Crippen LogP contribution in [-0.2, 0) is 0 Å². The average molecular weight is 274 g/mol. The first kappa shape index (κ1) is 13.7. The number of fused-ring (bicyclic) bond motifs is 1. The van der Waals surface area contributed by atoms with Crippen LogP contribution < -0.4 is 10.5 Å². The molecule has 0 spiro atoms. The minimum atomic E-state index is 0.738. The van der Waals surface area contributed by atoms with Gasteiger partial charge in [0.05, 0.1) is 5.69 Å². The fourth-order valence-electron chi connectivity index (χ4n) is 3.89. The number of likely N-dealkylation sites (tertiary alicyclic amines) is 1. The van der Waals surface area contributed by atoms with E-state index in [0.29, 0.717) is 0 Å². The van der Waals surface area contributed by atoms with Crippen LogP contribution in [0, 0.1) is 5.92 Å². The Bertz CT molecular complexity index is 433. The summed E-state index contributed by atoms with van der Waals surface area (Å²) in [7, 11) is 0. The summed E-state index contributed by atoms with van der Waals surface area (Å²) in [5, 5.41) is 0. The van der Waals surface area contributed by atoms with Crippen molar-refractivity contribution in [2.75, 3.05) is 25.4 Å². The summed E-state index contributed by atoms with van der Waals surface area (Å²) in [4.78, 5) is 2.66. The van der Waals surface area contributed by atoms with Crippen molar-refractivity contribution in [2.45, 2.75) is 44.6 Å². The standard InChI is InChI=1S/C17H26N2O/c18-15-8-2-4-10-17(15)20-13-12-19-11-5-7-14-6-1-3-9-16(14)19/h2,4,8,10,14,16H,1,3,5-7,9,11-13,18H2. The van der Waals surface area contributed by atoms with Gasteiger partial charge in [0, 0.05) is 12.6 Å². The SMILES string of the molecule is Nc1ccccc1OCCN1CCCC2CCCCC21. The van der Waals surface area contributed by atoms with Crippen molar-refractivity contribution < 1.29 is 4.74 Å². The molecule has 0 amide bonds. The molecular weight excluding hydrogens is 248 g/mol. The van der Waals surface area contributed by atoms with Crippen molar-refractivity contribution >= 4 is 5.69 Å². The van der Waals surface area contributed by atoms with E-state index in [-0.39, 0.29) is 0 Å². The summed E-state index contributed by atoms with van der Waals surface area (Å²) in [6.45, 7) is 3.03. The van der Waals surface area contributed by atoms with E-state index >= 15 is 0 Å². The van der Waals surface area contributed by atoms with Crippen LogP contribution in [0.2, 0.25) is 0 Å². The van der Waals surface area contributed by atoms with Gasteiger partial charge in [-0.3, -0.25) is 4.90 Å². The number of para-hydroxylation sites is 2. The van der Waals surface area contributed by atoms with E-state index in [1.165, 1.54) is 45.1 Å². The fourth-order valence-corrected chi connectivity index (χ4v) is 3.89. The fraction of sp³-hybridized carbons (Fsp3) is 0.647. The van der Waals surface area contributed by atoms with Crippen LogP contribution in [-0.4, -0.2) is 30.6 Å². The van der Waals surface area contributed by atoms with Gasteiger partial charge in [0.25, 0.3) is 0 Å². The molecule has 2 unspecified atom stereocenters. The number of hydrogen-bond acceptors (Lipinski definition) is 3. The molecule has 0 radical (unpaired) electrons. The van der Waals surface area contributed by atoms with Gasteiger partial charge in [0.2, 0.25) is 0 Å². The van der Waals surface area contributed by atoms with Crippen LogP contribution in [0.25, 0.3) is 0 Å². The molecule has 2 fully saturated rings. The molecule has 0 bridgehead atoms. The summed E-state index contributed by atoms with van der Waals surface area (Å²) < 4.78 is 5.85. The maximum absolute atomic E-state index is 5.91. The lowest BCUT2D eigenvalue weighted by atomic mass is 9.78. The molecule has 2 N–H and O–H groups in total. The predicted octanol–water partition coefficient (Wildman–Crippen LogP) is 3.30. The van der Waals surface area contributed by atoms with Crippen molar-refractivity contribution in [3.8, 4) is 5.75 Å². The van der Waals surface area contributed by atoms with Crippen molar-refractivity contribution in [2.24, 2.45) is 5.92 Å². The molecule has 1 aliphatic heterocycles. The Labute approximate surface area is 122 Å². The molecule has 2 aliphatic rings. The zero-order chi connectivity index (χ0) is 13.8. The molecule has 2 atom stereocenters. The molecule has 1 aromatic carbocycles. The number of piperidine rings is 1. The van der Waals surface area contributed by atoms with E-state index in [0.717, 1.165) is 36.5 Å². The Kier molecular flexibility index (Phi) is 4.46. The highest BCUT2D eigenvalue weighted by atomic mass is 16.5. The maximum atomic E-state index is 5.91. The van der Waals surface area contributed by atoms with E-state index in [1.54, 1.807) is 0 Å². The number of hydrogen-bond donors (Lipinski definition) is 1. The minimum Gasteiger partial charge on any atom is -0.490 e. The van der Waals surface area contributed by atoms with Gasteiger partial charge >= 0.3 is 0 Å². The second-order valence-corrected chi connectivity index (χ2v) is 6.18. The molecule has 1 saturated heterocycles. The Morgan fingerprint density at radius 2 is 1.90 bits per heavy atom. The van der Waals surface area contributed by atoms with Crippen LogP contribution in [0.5, 0.6) is 5.75 Å². The number of rotatable bonds is 4. The first-order valence-electron chi connectivity index (χ1n) is 8.06. The van der Waals surface area contributed by atoms with E-state index < -0.39 is 0 Å². The van der Waals surface area contributed by atoms with E-state index in [4.69, 9.17) is 10.5 Å². The lowest BCUT2D eigenvalue weighted by molar-refractivity contribution is 0.0502. The van der Waals surface area contributed by atoms with Crippen molar-refractivity contribution in [1.82, 2.24) is 4.90 Å². The second kappa shape index (κ2) is 6.49. The van der Waals surface area contributed by atoms with Crippen LogP contribution >= 0.6 is 0 Å². The highest BCUT2D eigenvalue weighted by Crippen LogP contribution is 2.35. The summed E-state index contributed by atoms with van der Waals surface area (Å²) in [6.07, 6.45) is 8.46. The van der Waals surface area contributed by atoms with Crippen LogP contribution in [0.15, 0.2) is 24.3 Å². The molecular formula is C17H26N2O. The molecule has 1 heterocycles. The zero-order valence-electron chi connectivity index (χ0n) is 12.3. The zero-order valence-corrected chi connectivity index (χ0v) is 12.3. The van der Waals surface area contributed by atoms with E-state index in [9.17, 15) is 0 Å². The topological polar surface area (TPSA) is 38.5 Å². The third-order valence-corrected chi connectivity index (χ3v) is 4.91. The molecule has 110 valence electrons. The highest BCUT2D eigenvalue weighted by Gasteiger charge is 2.32. The quantitative estimate of drug-likeness (QED) is 0.856. The first-order valence-corrected chi connectivity index (χ1v) is 8.06. The van der Waals surface area contributed by atoms with Gasteiger partial charge in [-0.05, 0) is 50.3 Å². The maximum Gasteiger partial charge on any atom is 0.142 e. The second-order valence-electron chi connectivity index (χ2n) is 6.18. The summed E-state index contributed by atoms with van der Waals surface area (Å²) in [5.41, 5.74) is 6.65. The Hall–Kier alpha value is -1.22. The Morgan fingerprint density at radius 3 is 2.80 bits per heavy atom.